The number of β-lactam (4-membered cyclic amide) rings is 1. The van der Waals surface area contributed by atoms with E-state index in [1.54, 1.807) is 11.7 Å². The highest BCUT2D eigenvalue weighted by atomic mass is 32.2. The Balaban J connectivity index is 1.51. The molecule has 0 aromatic carbocycles. The molecule has 0 radical (unpaired) electrons. The van der Waals surface area contributed by atoms with E-state index < -0.39 is 59.4 Å². The van der Waals surface area contributed by atoms with Crippen molar-refractivity contribution in [3.8, 4) is 0 Å². The summed E-state index contributed by atoms with van der Waals surface area (Å²) >= 11 is 2.01. The number of hydrogen-bond donors (Lipinski definition) is 8. The van der Waals surface area contributed by atoms with Crippen LogP contribution in [0.3, 0.4) is 0 Å². The fourth-order valence-corrected chi connectivity index (χ4v) is 6.14. The third kappa shape index (κ3) is 7.24. The van der Waals surface area contributed by atoms with E-state index in [0.29, 0.717) is 5.57 Å². The van der Waals surface area contributed by atoms with Gasteiger partial charge in [-0.25, -0.2) is 9.59 Å². The van der Waals surface area contributed by atoms with Crippen molar-refractivity contribution in [1.29, 1.82) is 0 Å². The molecule has 0 saturated carbocycles. The standard InChI is InChI=1S/C23H30N12O8S2/c1-9(5-12(36)37)43-31-13(17-30-22(26)45-32-17)18(38)29-14-19(39)35-15(21(40)41)10(8-44-20(14)35)6-34-7-11(16(25)33(34)2)28-23(42)27-4-3-24/h7,9,14,20,25H,3-6,8,24H2,1-2H3,(H7,26,27,28,29,30,32,36,37,38,40,41,42)/p+1/t9?,14-,20-/m1/s1. The molecule has 22 heteroatoms. The molecule has 4 heterocycles. The molecule has 2 aromatic heterocycles. The number of nitrogens with zero attached hydrogens (tertiary/aromatic N) is 6. The summed E-state index contributed by atoms with van der Waals surface area (Å²) in [6.07, 6.45) is 0.221. The molecule has 4 amide bonds. The monoisotopic (exact) mass is 667 g/mol. The molecule has 1 saturated heterocycles. The number of carboxylic acids is 2. The molecule has 2 aliphatic heterocycles. The maximum Gasteiger partial charge on any atom is 0.352 e. The van der Waals surface area contributed by atoms with Gasteiger partial charge in [0.1, 0.15) is 23.2 Å². The third-order valence-electron chi connectivity index (χ3n) is 6.51. The lowest BCUT2D eigenvalue weighted by atomic mass is 10.0. The van der Waals surface area contributed by atoms with Gasteiger partial charge >= 0.3 is 18.0 Å². The summed E-state index contributed by atoms with van der Waals surface area (Å²) in [4.78, 5) is 72.0. The average molecular weight is 668 g/mol. The Morgan fingerprint density at radius 2 is 2.02 bits per heavy atom. The Bertz CT molecular complexity index is 1590. The van der Waals surface area contributed by atoms with Crippen molar-refractivity contribution in [2.45, 2.75) is 37.4 Å². The first-order valence-electron chi connectivity index (χ1n) is 13.2. The summed E-state index contributed by atoms with van der Waals surface area (Å²) < 4.78 is 7.04. The molecule has 2 aliphatic rings. The number of nitrogens with two attached hydrogens (primary N) is 3. The lowest BCUT2D eigenvalue weighted by molar-refractivity contribution is -0.765. The van der Waals surface area contributed by atoms with E-state index in [9.17, 15) is 29.1 Å². The van der Waals surface area contributed by atoms with Crippen LogP contribution in [0.25, 0.3) is 0 Å². The summed E-state index contributed by atoms with van der Waals surface area (Å²) in [7, 11) is 1.62. The van der Waals surface area contributed by atoms with E-state index >= 15 is 0 Å². The first kappa shape index (κ1) is 32.9. The molecule has 45 heavy (non-hydrogen) atoms. The smallest absolute Gasteiger partial charge is 0.352 e. The molecule has 1 fully saturated rings. The summed E-state index contributed by atoms with van der Waals surface area (Å²) in [6, 6.07) is -1.65. The quantitative estimate of drug-likeness (QED) is 0.0471. The summed E-state index contributed by atoms with van der Waals surface area (Å²) in [6.45, 7) is 1.95. The van der Waals surface area contributed by atoms with Gasteiger partial charge in [-0.1, -0.05) is 5.16 Å². The number of thioether (sulfide) groups is 1. The molecule has 0 bridgehead atoms. The number of rotatable bonds is 13. The first-order valence-corrected chi connectivity index (χ1v) is 15.0. The summed E-state index contributed by atoms with van der Waals surface area (Å²) in [5.74, 6) is -3.90. The molecule has 11 N–H and O–H groups in total. The zero-order valence-corrected chi connectivity index (χ0v) is 25.6. The van der Waals surface area contributed by atoms with Gasteiger partial charge in [0.15, 0.2) is 23.2 Å². The van der Waals surface area contributed by atoms with Crippen molar-refractivity contribution < 1.29 is 43.7 Å². The number of carboxylic acid groups (broad SMARTS) is 2. The van der Waals surface area contributed by atoms with Crippen LogP contribution >= 0.6 is 23.3 Å². The molecule has 0 spiro atoms. The van der Waals surface area contributed by atoms with Crippen LogP contribution in [0.1, 0.15) is 19.2 Å². The number of oxime groups is 1. The maximum atomic E-state index is 13.2. The predicted octanol–water partition coefficient (Wildman–Crippen LogP) is -2.57. The van der Waals surface area contributed by atoms with Crippen molar-refractivity contribution in [3.05, 3.63) is 23.3 Å². The van der Waals surface area contributed by atoms with Crippen LogP contribution in [0.15, 0.2) is 22.6 Å². The Hall–Kier alpha value is -4.96. The number of aromatic nitrogens is 4. The highest BCUT2D eigenvalue weighted by Crippen LogP contribution is 2.40. The number of carbonyl (C=O) groups excluding carboxylic acids is 3. The lowest BCUT2D eigenvalue weighted by Crippen LogP contribution is -2.71. The van der Waals surface area contributed by atoms with Crippen molar-refractivity contribution in [3.63, 3.8) is 0 Å². The van der Waals surface area contributed by atoms with Crippen molar-refractivity contribution in [2.24, 2.45) is 17.9 Å². The first-order chi connectivity index (χ1) is 21.3. The fraction of sp³-hybridized carbons (Fsp3) is 0.435. The van der Waals surface area contributed by atoms with E-state index in [2.05, 4.69) is 30.5 Å². The molecular weight excluding hydrogens is 636 g/mol. The van der Waals surface area contributed by atoms with E-state index in [1.165, 1.54) is 29.6 Å². The topological polar surface area (TPSA) is 299 Å². The van der Waals surface area contributed by atoms with Gasteiger partial charge in [0.25, 0.3) is 11.8 Å². The second-order valence-electron chi connectivity index (χ2n) is 9.75. The average Bonchev–Trinajstić information content (AvgIpc) is 3.52. The van der Waals surface area contributed by atoms with Crippen LogP contribution in [0.2, 0.25) is 0 Å². The van der Waals surface area contributed by atoms with Crippen LogP contribution in [-0.4, -0.2) is 101 Å². The largest absolute Gasteiger partial charge is 0.481 e. The zero-order chi connectivity index (χ0) is 33.0. The van der Waals surface area contributed by atoms with E-state index in [4.69, 9.17) is 27.1 Å². The van der Waals surface area contributed by atoms with Crippen LogP contribution in [0, 0.1) is 0 Å². The minimum atomic E-state index is -1.35. The molecule has 20 nitrogen and oxygen atoms in total. The van der Waals surface area contributed by atoms with Gasteiger partial charge in [0.2, 0.25) is 17.7 Å². The van der Waals surface area contributed by atoms with E-state index in [1.807, 2.05) is 0 Å². The maximum absolute atomic E-state index is 13.2. The van der Waals surface area contributed by atoms with Crippen molar-refractivity contribution in [2.75, 3.05) is 35.6 Å². The number of fused-ring (bicyclic) bond motifs is 1. The normalized spacial score (nSPS) is 18.5. The number of hydrogen-bond acceptors (Lipinski definition) is 14. The minimum Gasteiger partial charge on any atom is -0.481 e. The number of nitrogen functional groups attached to an aromatic ring is 2. The number of amides is 4. The van der Waals surface area contributed by atoms with E-state index in [0.717, 1.165) is 16.4 Å². The predicted molar refractivity (Wildman–Crippen MR) is 159 cm³/mol. The second-order valence-corrected chi connectivity index (χ2v) is 11.6. The van der Waals surface area contributed by atoms with E-state index in [-0.39, 0.29) is 53.5 Å². The van der Waals surface area contributed by atoms with Gasteiger partial charge in [0, 0.05) is 35.9 Å². The zero-order valence-electron chi connectivity index (χ0n) is 23.9. The molecule has 1 unspecified atom stereocenters. The van der Waals surface area contributed by atoms with Gasteiger partial charge in [0.05, 0.1) is 13.5 Å². The number of carbonyl (C=O) groups is 5. The Kier molecular flexibility index (Phi) is 10.1. The fourth-order valence-electron chi connectivity index (χ4n) is 4.37. The number of anilines is 3. The Labute approximate surface area is 262 Å². The SMILES string of the molecule is CC(CC(=O)O)ON=C(C(=O)N[C@@H]1C(=O)N2C(C(=O)O)=C(C[n+]3cc(NC(=O)NCCN)c(N)n3C)CS[C@H]12)c1nsc(N)n1. The number of urea groups is 1. The van der Waals surface area contributed by atoms with Crippen LogP contribution < -0.4 is 37.8 Å². The van der Waals surface area contributed by atoms with Gasteiger partial charge < -0.3 is 42.9 Å². The molecule has 4 rings (SSSR count). The lowest BCUT2D eigenvalue weighted by Gasteiger charge is -2.49. The van der Waals surface area contributed by atoms with Gasteiger partial charge in [-0.15, -0.1) is 21.1 Å². The molecular formula is C23H31N12O8S2+. The highest BCUT2D eigenvalue weighted by molar-refractivity contribution is 8.00. The minimum absolute atomic E-state index is 0.0224. The Morgan fingerprint density at radius 3 is 2.64 bits per heavy atom. The molecule has 242 valence electrons. The van der Waals surface area contributed by atoms with Gasteiger partial charge in [-0.05, 0) is 6.92 Å². The van der Waals surface area contributed by atoms with Crippen molar-refractivity contribution in [1.82, 2.24) is 29.6 Å². The van der Waals surface area contributed by atoms with Gasteiger partial charge in [-0.2, -0.15) is 9.36 Å². The third-order valence-corrected chi connectivity index (χ3v) is 8.39. The number of aliphatic carboxylic acids is 2. The number of nitrogens with one attached hydrogen (secondary N) is 3. The molecule has 0 aliphatic carbocycles. The van der Waals surface area contributed by atoms with Gasteiger partial charge in [-0.3, -0.25) is 24.6 Å². The summed E-state index contributed by atoms with van der Waals surface area (Å²) in [5.41, 5.74) is 17.1. The second kappa shape index (κ2) is 13.8. The molecule has 3 atom stereocenters. The van der Waals surface area contributed by atoms with Crippen LogP contribution in [0.4, 0.5) is 21.4 Å². The Morgan fingerprint density at radius 1 is 1.29 bits per heavy atom. The summed E-state index contributed by atoms with van der Waals surface area (Å²) in [5, 5.41) is 29.7. The van der Waals surface area contributed by atoms with Crippen LogP contribution in [-0.2, 0) is 37.6 Å². The highest BCUT2D eigenvalue weighted by Gasteiger charge is 2.55. The molecule has 2 aromatic rings. The van der Waals surface area contributed by atoms with Crippen LogP contribution in [0.5, 0.6) is 0 Å². The van der Waals surface area contributed by atoms with Crippen molar-refractivity contribution >= 4 is 75.4 Å².